The molecule has 0 amide bonds. The highest BCUT2D eigenvalue weighted by Crippen LogP contribution is 2.26. The minimum absolute atomic E-state index is 0.133. The molecule has 2 atom stereocenters. The molecule has 0 saturated heterocycles. The first-order valence-electron chi connectivity index (χ1n) is 10.8. The smallest absolute Gasteiger partial charge is 0.310 e. The van der Waals surface area contributed by atoms with Crippen molar-refractivity contribution in [2.24, 2.45) is 11.8 Å². The van der Waals surface area contributed by atoms with E-state index in [9.17, 15) is 9.59 Å². The summed E-state index contributed by atoms with van der Waals surface area (Å²) in [4.78, 5) is 24.7. The van der Waals surface area contributed by atoms with Gasteiger partial charge in [-0.1, -0.05) is 68.4 Å². The third-order valence-electron chi connectivity index (χ3n) is 5.16. The molecule has 0 aliphatic heterocycles. The van der Waals surface area contributed by atoms with E-state index < -0.39 is 0 Å². The van der Waals surface area contributed by atoms with Gasteiger partial charge in [-0.25, -0.2) is 0 Å². The van der Waals surface area contributed by atoms with E-state index in [4.69, 9.17) is 4.74 Å². The zero-order valence-electron chi connectivity index (χ0n) is 19.0. The Kier molecular flexibility index (Phi) is 12.0. The van der Waals surface area contributed by atoms with Crippen molar-refractivity contribution in [3.05, 3.63) is 47.0 Å². The van der Waals surface area contributed by atoms with E-state index in [1.807, 2.05) is 26.8 Å². The molecule has 4 heteroatoms. The molecule has 3 nitrogen and oxygen atoms in total. The Bertz CT molecular complexity index is 661. The van der Waals surface area contributed by atoms with E-state index >= 15 is 0 Å². The molecule has 1 aromatic rings. The highest BCUT2D eigenvalue weighted by atomic mass is 32.2. The largest absolute Gasteiger partial charge is 0.466 e. The number of carbonyl (C=O) groups excluding carboxylic acids is 2. The van der Waals surface area contributed by atoms with Crippen LogP contribution in [0.2, 0.25) is 0 Å². The van der Waals surface area contributed by atoms with Gasteiger partial charge in [0.1, 0.15) is 0 Å². The molecule has 0 heterocycles. The molecule has 0 radical (unpaired) electrons. The van der Waals surface area contributed by atoms with Gasteiger partial charge in [-0.15, -0.1) is 0 Å². The number of rotatable bonds is 12. The molecular formula is C25H38O3S. The van der Waals surface area contributed by atoms with Crippen LogP contribution in [0.25, 0.3) is 0 Å². The number of hydrogen-bond acceptors (Lipinski definition) is 4. The van der Waals surface area contributed by atoms with Crippen molar-refractivity contribution in [2.45, 2.75) is 73.1 Å². The molecule has 162 valence electrons. The number of allylic oxidation sites excluding steroid dienone is 2. The summed E-state index contributed by atoms with van der Waals surface area (Å²) < 4.78 is 5.19. The van der Waals surface area contributed by atoms with Gasteiger partial charge in [0, 0.05) is 12.2 Å². The summed E-state index contributed by atoms with van der Waals surface area (Å²) in [7, 11) is 0. The standard InChI is InChI=1S/C25H38O3S/c1-7-19(5)15-23(25(27)28-8-2)17-29-24(26)16-20(6)22-13-11-21(12-14-22)10-9-18(3)4/h7,11-14,18,20,23H,8-10,15-17H2,1-6H3. The van der Waals surface area contributed by atoms with Crippen LogP contribution in [0.4, 0.5) is 0 Å². The zero-order chi connectivity index (χ0) is 21.8. The molecule has 0 bridgehead atoms. The topological polar surface area (TPSA) is 43.4 Å². The molecular weight excluding hydrogens is 380 g/mol. The van der Waals surface area contributed by atoms with E-state index in [-0.39, 0.29) is 22.9 Å². The fourth-order valence-electron chi connectivity index (χ4n) is 3.07. The molecule has 0 fully saturated rings. The Morgan fingerprint density at radius 3 is 2.31 bits per heavy atom. The number of ether oxygens (including phenoxy) is 1. The van der Waals surface area contributed by atoms with Crippen molar-refractivity contribution in [3.8, 4) is 0 Å². The van der Waals surface area contributed by atoms with Gasteiger partial charge in [0.15, 0.2) is 5.12 Å². The highest BCUT2D eigenvalue weighted by molar-refractivity contribution is 8.13. The second-order valence-corrected chi connectivity index (χ2v) is 9.33. The highest BCUT2D eigenvalue weighted by Gasteiger charge is 2.22. The fraction of sp³-hybridized carbons (Fsp3) is 0.600. The molecule has 1 rings (SSSR count). The lowest BCUT2D eigenvalue weighted by Gasteiger charge is -2.16. The molecule has 0 aromatic heterocycles. The van der Waals surface area contributed by atoms with Crippen LogP contribution < -0.4 is 0 Å². The molecule has 0 N–H and O–H groups in total. The van der Waals surface area contributed by atoms with Crippen molar-refractivity contribution in [2.75, 3.05) is 12.4 Å². The fourth-order valence-corrected chi connectivity index (χ4v) is 4.07. The number of carbonyl (C=O) groups is 2. The predicted molar refractivity (Wildman–Crippen MR) is 124 cm³/mol. The minimum atomic E-state index is -0.268. The van der Waals surface area contributed by atoms with Gasteiger partial charge < -0.3 is 4.74 Å². The van der Waals surface area contributed by atoms with E-state index in [2.05, 4.69) is 45.0 Å². The molecule has 29 heavy (non-hydrogen) atoms. The van der Waals surface area contributed by atoms with Gasteiger partial charge in [-0.2, -0.15) is 0 Å². The Labute approximate surface area is 181 Å². The number of aryl methyl sites for hydroxylation is 1. The number of esters is 1. The Morgan fingerprint density at radius 1 is 1.10 bits per heavy atom. The summed E-state index contributed by atoms with van der Waals surface area (Å²) in [6.45, 7) is 12.7. The Balaban J connectivity index is 2.57. The molecule has 1 aromatic carbocycles. The van der Waals surface area contributed by atoms with Crippen molar-refractivity contribution < 1.29 is 14.3 Å². The third-order valence-corrected chi connectivity index (χ3v) is 6.22. The van der Waals surface area contributed by atoms with Gasteiger partial charge in [-0.05, 0) is 63.0 Å². The normalized spacial score (nSPS) is 14.0. The number of benzene rings is 1. The molecule has 0 aliphatic carbocycles. The van der Waals surface area contributed by atoms with Gasteiger partial charge in [0.05, 0.1) is 12.5 Å². The van der Waals surface area contributed by atoms with E-state index in [1.54, 1.807) is 0 Å². The first kappa shape index (κ1) is 25.5. The summed E-state index contributed by atoms with van der Waals surface area (Å²) in [5.41, 5.74) is 3.69. The van der Waals surface area contributed by atoms with E-state index in [1.165, 1.54) is 29.3 Å². The van der Waals surface area contributed by atoms with Crippen LogP contribution in [0, 0.1) is 11.8 Å². The van der Waals surface area contributed by atoms with Crippen LogP contribution in [0.5, 0.6) is 0 Å². The van der Waals surface area contributed by atoms with Crippen LogP contribution in [0.15, 0.2) is 35.9 Å². The summed E-state index contributed by atoms with van der Waals surface area (Å²) in [5, 5.41) is 0.133. The van der Waals surface area contributed by atoms with Gasteiger partial charge >= 0.3 is 5.97 Å². The van der Waals surface area contributed by atoms with Crippen LogP contribution in [0.3, 0.4) is 0 Å². The molecule has 0 aliphatic rings. The monoisotopic (exact) mass is 418 g/mol. The van der Waals surface area contributed by atoms with Crippen molar-refractivity contribution in [1.29, 1.82) is 0 Å². The molecule has 2 unspecified atom stereocenters. The maximum atomic E-state index is 12.5. The van der Waals surface area contributed by atoms with E-state index in [0.29, 0.717) is 31.1 Å². The summed E-state index contributed by atoms with van der Waals surface area (Å²) in [5.74, 6) is 0.879. The first-order chi connectivity index (χ1) is 13.8. The average molecular weight is 419 g/mol. The van der Waals surface area contributed by atoms with Crippen molar-refractivity contribution in [1.82, 2.24) is 0 Å². The van der Waals surface area contributed by atoms with Crippen LogP contribution in [-0.4, -0.2) is 23.4 Å². The predicted octanol–water partition coefficient (Wildman–Crippen LogP) is 6.56. The van der Waals surface area contributed by atoms with Gasteiger partial charge in [-0.3, -0.25) is 9.59 Å². The SMILES string of the molecule is CC=C(C)CC(CSC(=O)CC(C)c1ccc(CCC(C)C)cc1)C(=O)OCC. The molecule has 0 saturated carbocycles. The second-order valence-electron chi connectivity index (χ2n) is 8.25. The van der Waals surface area contributed by atoms with Crippen molar-refractivity contribution in [3.63, 3.8) is 0 Å². The Hall–Kier alpha value is -1.55. The second kappa shape index (κ2) is 13.6. The van der Waals surface area contributed by atoms with Gasteiger partial charge in [0.25, 0.3) is 0 Å². The summed E-state index contributed by atoms with van der Waals surface area (Å²) >= 11 is 1.26. The number of thioether (sulfide) groups is 1. The average Bonchev–Trinajstić information content (AvgIpc) is 2.69. The number of hydrogen-bond donors (Lipinski definition) is 0. The van der Waals surface area contributed by atoms with E-state index in [0.717, 1.165) is 12.0 Å². The van der Waals surface area contributed by atoms with Crippen LogP contribution in [-0.2, 0) is 20.7 Å². The maximum absolute atomic E-state index is 12.5. The Morgan fingerprint density at radius 2 is 1.76 bits per heavy atom. The lowest BCUT2D eigenvalue weighted by atomic mass is 9.95. The minimum Gasteiger partial charge on any atom is -0.466 e. The van der Waals surface area contributed by atoms with Crippen molar-refractivity contribution >= 4 is 22.8 Å². The quantitative estimate of drug-likeness (QED) is 0.285. The summed E-state index contributed by atoms with van der Waals surface area (Å²) in [6, 6.07) is 8.66. The van der Waals surface area contributed by atoms with Crippen LogP contribution in [0.1, 0.15) is 77.8 Å². The third kappa shape index (κ3) is 10.2. The molecule has 0 spiro atoms. The zero-order valence-corrected chi connectivity index (χ0v) is 19.8. The van der Waals surface area contributed by atoms with Crippen LogP contribution >= 0.6 is 11.8 Å². The lowest BCUT2D eigenvalue weighted by molar-refractivity contribution is -0.147. The lowest BCUT2D eigenvalue weighted by Crippen LogP contribution is -2.21. The first-order valence-corrected chi connectivity index (χ1v) is 11.8. The summed E-state index contributed by atoms with van der Waals surface area (Å²) in [6.07, 6.45) is 5.42. The van der Waals surface area contributed by atoms with Gasteiger partial charge in [0.2, 0.25) is 0 Å². The maximum Gasteiger partial charge on any atom is 0.310 e.